The molecule has 3 aromatic heterocycles. The van der Waals surface area contributed by atoms with Crippen LogP contribution < -0.4 is 4.74 Å². The second-order valence-electron chi connectivity index (χ2n) is 9.68. The third-order valence-electron chi connectivity index (χ3n) is 7.18. The van der Waals surface area contributed by atoms with Crippen LogP contribution in [0.2, 0.25) is 0 Å². The number of rotatable bonds is 6. The number of hydrogen-bond donors (Lipinski definition) is 1. The van der Waals surface area contributed by atoms with E-state index in [1.165, 1.54) is 10.9 Å². The molecule has 2 aliphatic rings. The van der Waals surface area contributed by atoms with Crippen molar-refractivity contribution in [3.63, 3.8) is 0 Å². The minimum atomic E-state index is -2.75. The van der Waals surface area contributed by atoms with E-state index in [0.29, 0.717) is 35.6 Å². The van der Waals surface area contributed by atoms with Crippen LogP contribution in [-0.2, 0) is 0 Å². The van der Waals surface area contributed by atoms with Gasteiger partial charge in [-0.3, -0.25) is 4.98 Å². The van der Waals surface area contributed by atoms with E-state index in [0.717, 1.165) is 29.8 Å². The highest BCUT2D eigenvalue weighted by Crippen LogP contribution is 2.54. The first kappa shape index (κ1) is 22.7. The largest absolute Gasteiger partial charge is 0.482 e. The first-order chi connectivity index (χ1) is 17.3. The second kappa shape index (κ2) is 8.42. The molecular formula is C25H27F2N8O+. The molecule has 1 aromatic carbocycles. The number of hydrogen-bond acceptors (Lipinski definition) is 6. The molecule has 1 aliphatic carbocycles. The average Bonchev–Trinajstić information content (AvgIpc) is 3.18. The van der Waals surface area contributed by atoms with E-state index in [-0.39, 0.29) is 12.5 Å². The normalized spacial score (nSPS) is 22.1. The maximum atomic E-state index is 14.0. The van der Waals surface area contributed by atoms with E-state index in [1.807, 2.05) is 48.9 Å². The molecule has 0 spiro atoms. The Morgan fingerprint density at radius 1 is 1.19 bits per heavy atom. The van der Waals surface area contributed by atoms with Crippen LogP contribution in [0.1, 0.15) is 55.8 Å². The Kier molecular flexibility index (Phi) is 5.31. The van der Waals surface area contributed by atoms with E-state index in [2.05, 4.69) is 20.3 Å². The van der Waals surface area contributed by atoms with Gasteiger partial charge in [0.05, 0.1) is 29.3 Å². The van der Waals surface area contributed by atoms with Crippen molar-refractivity contribution in [2.24, 2.45) is 0 Å². The van der Waals surface area contributed by atoms with Crippen LogP contribution in [0.5, 0.6) is 5.75 Å². The fourth-order valence-electron chi connectivity index (χ4n) is 5.03. The molecule has 36 heavy (non-hydrogen) atoms. The lowest BCUT2D eigenvalue weighted by atomic mass is 10.1. The van der Waals surface area contributed by atoms with Gasteiger partial charge < -0.3 is 9.30 Å². The van der Waals surface area contributed by atoms with Gasteiger partial charge in [-0.2, -0.15) is 0 Å². The van der Waals surface area contributed by atoms with E-state index < -0.39 is 18.1 Å². The molecule has 1 aliphatic heterocycles. The first-order valence-corrected chi connectivity index (χ1v) is 12.2. The van der Waals surface area contributed by atoms with Crippen LogP contribution in [0.3, 0.4) is 0 Å². The Bertz CT molecular complexity index is 1440. The summed E-state index contributed by atoms with van der Waals surface area (Å²) in [4.78, 5) is 8.84. The molecule has 1 saturated heterocycles. The van der Waals surface area contributed by atoms with Crippen LogP contribution in [0.25, 0.3) is 22.3 Å². The zero-order valence-corrected chi connectivity index (χ0v) is 20.1. The Hall–Kier alpha value is -3.76. The van der Waals surface area contributed by atoms with Crippen molar-refractivity contribution in [3.05, 3.63) is 54.2 Å². The molecular weight excluding hydrogens is 466 g/mol. The molecule has 1 saturated carbocycles. The van der Waals surface area contributed by atoms with Gasteiger partial charge in [0.2, 0.25) is 0 Å². The Morgan fingerprint density at radius 2 is 1.97 bits per heavy atom. The highest BCUT2D eigenvalue weighted by Gasteiger charge is 2.58. The van der Waals surface area contributed by atoms with Gasteiger partial charge >= 0.3 is 0 Å². The number of piperidine rings is 1. The lowest BCUT2D eigenvalue weighted by Crippen LogP contribution is -2.27. The van der Waals surface area contributed by atoms with Gasteiger partial charge in [0.15, 0.2) is 13.1 Å². The zero-order valence-electron chi connectivity index (χ0n) is 20.1. The molecule has 4 aromatic rings. The van der Waals surface area contributed by atoms with E-state index >= 15 is 0 Å². The van der Waals surface area contributed by atoms with Crippen LogP contribution in [-0.4, -0.2) is 53.2 Å². The zero-order chi connectivity index (χ0) is 25.0. The predicted molar refractivity (Wildman–Crippen MR) is 126 cm³/mol. The van der Waals surface area contributed by atoms with Crippen molar-refractivity contribution in [2.75, 3.05) is 13.1 Å². The summed E-state index contributed by atoms with van der Waals surface area (Å²) in [5.74, 6) is -2.29. The number of nitrogens with one attached hydrogen (secondary N) is 1. The summed E-state index contributed by atoms with van der Waals surface area (Å²) in [7, 11) is 0. The standard InChI is InChI=1S/C25H27F2N8O/c1-15-23(31-32-35(15)18-6-9-33(28)10-7-18)17-11-20-24(34(14-30-20)22-13-25(22,26)27)21(12-17)36-16(2)19-5-3-4-8-29-19/h3-5,8,11-12,14,16,18,22,28H,6-7,9-10,13H2,1-2H3/q+1/t16-,18?,22?/m1/s1. The highest BCUT2D eigenvalue weighted by atomic mass is 19.3. The van der Waals surface area contributed by atoms with Crippen molar-refractivity contribution in [1.82, 2.24) is 29.5 Å². The molecule has 6 rings (SSSR count). The lowest BCUT2D eigenvalue weighted by Gasteiger charge is -2.20. The van der Waals surface area contributed by atoms with E-state index in [1.54, 1.807) is 10.9 Å². The SMILES string of the molecule is Cc1c(-c2cc(O[C@H](C)c3ccccn3)c3c(c2)ncn3C2CC2(F)F)nnn1C1CC[N+](=N)CC1. The minimum Gasteiger partial charge on any atom is -0.482 e. The topological polar surface area (TPSA) is 97.5 Å². The summed E-state index contributed by atoms with van der Waals surface area (Å²) in [5.41, 5.74) is 12.0. The first-order valence-electron chi connectivity index (χ1n) is 12.2. The number of aromatic nitrogens is 6. The molecule has 4 heterocycles. The smallest absolute Gasteiger partial charge is 0.270 e. The maximum absolute atomic E-state index is 14.0. The predicted octanol–water partition coefficient (Wildman–Crippen LogP) is 5.10. The Balaban J connectivity index is 1.41. The van der Waals surface area contributed by atoms with Gasteiger partial charge in [0.1, 0.15) is 29.1 Å². The fraction of sp³-hybridized carbons (Fsp3) is 0.440. The number of ether oxygens (including phenoxy) is 1. The molecule has 9 nitrogen and oxygen atoms in total. The summed E-state index contributed by atoms with van der Waals surface area (Å²) < 4.78 is 39.4. The second-order valence-corrected chi connectivity index (χ2v) is 9.68. The van der Waals surface area contributed by atoms with Crippen molar-refractivity contribution in [3.8, 4) is 17.0 Å². The molecule has 2 fully saturated rings. The molecule has 0 bridgehead atoms. The summed E-state index contributed by atoms with van der Waals surface area (Å²) in [6.07, 6.45) is 4.23. The van der Waals surface area contributed by atoms with Gasteiger partial charge in [0, 0.05) is 31.0 Å². The summed E-state index contributed by atoms with van der Waals surface area (Å²) in [6.45, 7) is 5.25. The van der Waals surface area contributed by atoms with Crippen LogP contribution in [0, 0.1) is 12.5 Å². The van der Waals surface area contributed by atoms with Crippen molar-refractivity contribution < 1.29 is 18.2 Å². The van der Waals surface area contributed by atoms with E-state index in [9.17, 15) is 8.78 Å². The summed E-state index contributed by atoms with van der Waals surface area (Å²) in [6, 6.07) is 8.55. The molecule has 186 valence electrons. The van der Waals surface area contributed by atoms with Gasteiger partial charge in [-0.05, 0) is 38.1 Å². The van der Waals surface area contributed by atoms with E-state index in [4.69, 9.17) is 10.3 Å². The van der Waals surface area contributed by atoms with Crippen LogP contribution >= 0.6 is 0 Å². The molecule has 0 amide bonds. The van der Waals surface area contributed by atoms with Crippen molar-refractivity contribution >= 4 is 11.0 Å². The highest BCUT2D eigenvalue weighted by molar-refractivity contribution is 5.88. The Morgan fingerprint density at radius 3 is 2.67 bits per heavy atom. The lowest BCUT2D eigenvalue weighted by molar-refractivity contribution is -0.624. The third kappa shape index (κ3) is 3.92. The fourth-order valence-corrected chi connectivity index (χ4v) is 5.03. The third-order valence-corrected chi connectivity index (χ3v) is 7.18. The van der Waals surface area contributed by atoms with Gasteiger partial charge in [-0.25, -0.2) is 18.4 Å². The molecule has 11 heteroatoms. The van der Waals surface area contributed by atoms with Gasteiger partial charge in [-0.1, -0.05) is 16.8 Å². The van der Waals surface area contributed by atoms with Crippen LogP contribution in [0.15, 0.2) is 42.9 Å². The molecule has 2 atom stereocenters. The molecule has 0 radical (unpaired) electrons. The van der Waals surface area contributed by atoms with Crippen LogP contribution in [0.4, 0.5) is 8.78 Å². The number of halogens is 2. The number of imidazole rings is 1. The summed E-state index contributed by atoms with van der Waals surface area (Å²) in [5, 5.41) is 8.91. The molecule has 1 unspecified atom stereocenters. The number of fused-ring (bicyclic) bond motifs is 1. The molecule has 1 N–H and O–H groups in total. The van der Waals surface area contributed by atoms with Gasteiger partial charge in [-0.15, -0.1) is 9.80 Å². The minimum absolute atomic E-state index is 0.188. The quantitative estimate of drug-likeness (QED) is 0.377. The average molecular weight is 494 g/mol. The number of nitrogens with zero attached hydrogens (tertiary/aromatic N) is 7. The van der Waals surface area contributed by atoms with Gasteiger partial charge in [0.25, 0.3) is 5.92 Å². The van der Waals surface area contributed by atoms with Crippen molar-refractivity contribution in [2.45, 2.75) is 57.2 Å². The number of alkyl halides is 2. The maximum Gasteiger partial charge on any atom is 0.270 e. The number of pyridine rings is 1. The summed E-state index contributed by atoms with van der Waals surface area (Å²) >= 11 is 0. The monoisotopic (exact) mass is 493 g/mol. The van der Waals surface area contributed by atoms with Crippen molar-refractivity contribution in [1.29, 1.82) is 5.53 Å². The Labute approximate surface area is 206 Å². The number of benzene rings is 1.